The molecule has 150 valence electrons. The fourth-order valence-electron chi connectivity index (χ4n) is 3.15. The molecule has 0 aromatic carbocycles. The molecule has 2 atom stereocenters. The van der Waals surface area contributed by atoms with E-state index in [2.05, 4.69) is 17.7 Å². The number of hydrogen-bond donors (Lipinski definition) is 0. The van der Waals surface area contributed by atoms with Gasteiger partial charge in [-0.15, -0.1) is 6.42 Å². The number of esters is 1. The summed E-state index contributed by atoms with van der Waals surface area (Å²) in [5.74, 6) is 1.04. The van der Waals surface area contributed by atoms with E-state index in [1.807, 2.05) is 26.8 Å². The lowest BCUT2D eigenvalue weighted by Gasteiger charge is -2.15. The molecule has 0 unspecified atom stereocenters. The van der Waals surface area contributed by atoms with Crippen molar-refractivity contribution in [2.75, 3.05) is 26.4 Å². The van der Waals surface area contributed by atoms with E-state index in [9.17, 15) is 14.4 Å². The molecule has 2 fully saturated rings. The quantitative estimate of drug-likeness (QED) is 0.114. The number of ether oxygens (including phenoxy) is 1. The number of nitrogens with zero attached hydrogens (tertiary/aromatic N) is 3. The number of oxime groups is 1. The zero-order valence-electron chi connectivity index (χ0n) is 16.4. The lowest BCUT2D eigenvalue weighted by atomic mass is 10.1. The Hall–Kier alpha value is -3.08. The summed E-state index contributed by atoms with van der Waals surface area (Å²) in [6.45, 7) is 9.15. The number of amides is 3. The molecule has 3 amide bonds. The molecule has 0 aromatic heterocycles. The van der Waals surface area contributed by atoms with E-state index in [0.29, 0.717) is 6.61 Å². The largest absolute Gasteiger partial charge is 0.443 e. The van der Waals surface area contributed by atoms with Crippen LogP contribution in [0.1, 0.15) is 20.8 Å². The van der Waals surface area contributed by atoms with Crippen molar-refractivity contribution in [2.45, 2.75) is 20.8 Å². The molecule has 1 heterocycles. The van der Waals surface area contributed by atoms with Crippen LogP contribution in [0.2, 0.25) is 0 Å². The van der Waals surface area contributed by atoms with Crippen molar-refractivity contribution in [2.24, 2.45) is 22.4 Å². The van der Waals surface area contributed by atoms with Crippen molar-refractivity contribution in [1.29, 1.82) is 0 Å². The topological polar surface area (TPSA) is 88.5 Å². The average molecular weight is 387 g/mol. The Morgan fingerprint density at radius 1 is 1.46 bits per heavy atom. The van der Waals surface area contributed by atoms with Crippen LogP contribution in [0.3, 0.4) is 0 Å². The monoisotopic (exact) mass is 387 g/mol. The molecule has 2 rings (SSSR count). The second kappa shape index (κ2) is 8.74. The minimum Gasteiger partial charge on any atom is -0.443 e. The highest BCUT2D eigenvalue weighted by Crippen LogP contribution is 2.59. The Morgan fingerprint density at radius 2 is 2.18 bits per heavy atom. The zero-order chi connectivity index (χ0) is 20.9. The molecule has 0 aromatic rings. The third-order valence-corrected chi connectivity index (χ3v) is 4.88. The smallest absolute Gasteiger partial charge is 0.330 e. The fraction of sp³-hybridized carbons (Fsp3) is 0.500. The predicted octanol–water partition coefficient (Wildman–Crippen LogP) is 1.79. The predicted molar refractivity (Wildman–Crippen MR) is 103 cm³/mol. The molecule has 8 heteroatoms. The summed E-state index contributed by atoms with van der Waals surface area (Å²) in [5.41, 5.74) is 0.565. The summed E-state index contributed by atoms with van der Waals surface area (Å²) < 4.78 is 5.25. The highest BCUT2D eigenvalue weighted by atomic mass is 16.6. The van der Waals surface area contributed by atoms with Gasteiger partial charge in [-0.1, -0.05) is 43.7 Å². The molecular formula is C20H25N3O5. The molecule has 1 saturated carbocycles. The van der Waals surface area contributed by atoms with E-state index < -0.39 is 24.6 Å². The standard InChI is InChI=1S/C20H25N3O5/c1-6-8-22-12-16(24)23(19(22)26)13-27-18(25)17-15(20(17,4)5)10-14(3)11-21-28-9-7-2/h1,7,10-11,15,17H,2,8-9,12-13H2,3-5H3/b14-10+,21-11?/t15-,17+/m1/s1. The highest BCUT2D eigenvalue weighted by Gasteiger charge is 2.61. The average Bonchev–Trinajstić information content (AvgIpc) is 3.05. The third-order valence-electron chi connectivity index (χ3n) is 4.88. The molecule has 1 aliphatic carbocycles. The van der Waals surface area contributed by atoms with Crippen molar-refractivity contribution in [3.63, 3.8) is 0 Å². The van der Waals surface area contributed by atoms with Gasteiger partial charge in [-0.3, -0.25) is 9.59 Å². The maximum Gasteiger partial charge on any atom is 0.330 e. The number of carbonyl (C=O) groups is 3. The normalized spacial score (nSPS) is 23.7. The minimum absolute atomic E-state index is 0.0335. The van der Waals surface area contributed by atoms with E-state index in [1.165, 1.54) is 4.90 Å². The van der Waals surface area contributed by atoms with E-state index in [1.54, 1.807) is 12.3 Å². The Balaban J connectivity index is 1.91. The van der Waals surface area contributed by atoms with Gasteiger partial charge in [0.25, 0.3) is 5.91 Å². The van der Waals surface area contributed by atoms with E-state index >= 15 is 0 Å². The third kappa shape index (κ3) is 4.60. The summed E-state index contributed by atoms with van der Waals surface area (Å²) in [7, 11) is 0. The summed E-state index contributed by atoms with van der Waals surface area (Å²) in [5, 5.41) is 3.81. The second-order valence-electron chi connectivity index (χ2n) is 7.31. The lowest BCUT2D eigenvalue weighted by molar-refractivity contribution is -0.151. The van der Waals surface area contributed by atoms with Gasteiger partial charge in [-0.25, -0.2) is 9.69 Å². The van der Waals surface area contributed by atoms with Crippen LogP contribution in [0.15, 0.2) is 29.5 Å². The Bertz CT molecular complexity index is 762. The van der Waals surface area contributed by atoms with Gasteiger partial charge in [0, 0.05) is 0 Å². The first-order valence-corrected chi connectivity index (χ1v) is 8.88. The molecule has 1 aliphatic heterocycles. The van der Waals surface area contributed by atoms with Gasteiger partial charge >= 0.3 is 12.0 Å². The molecule has 0 spiro atoms. The van der Waals surface area contributed by atoms with E-state index in [-0.39, 0.29) is 30.3 Å². The maximum absolute atomic E-state index is 12.5. The number of urea groups is 1. The molecule has 1 saturated heterocycles. The number of carbonyl (C=O) groups excluding carboxylic acids is 3. The summed E-state index contributed by atoms with van der Waals surface area (Å²) in [4.78, 5) is 43.5. The summed E-state index contributed by atoms with van der Waals surface area (Å²) >= 11 is 0. The molecule has 28 heavy (non-hydrogen) atoms. The number of allylic oxidation sites excluding steroid dienone is 2. The molecule has 0 N–H and O–H groups in total. The first-order chi connectivity index (χ1) is 13.2. The molecule has 0 bridgehead atoms. The van der Waals surface area contributed by atoms with Gasteiger partial charge in [0.1, 0.15) is 13.2 Å². The van der Waals surface area contributed by atoms with Crippen molar-refractivity contribution in [1.82, 2.24) is 9.80 Å². The van der Waals surface area contributed by atoms with Crippen molar-refractivity contribution in [3.05, 3.63) is 24.3 Å². The van der Waals surface area contributed by atoms with E-state index in [0.717, 1.165) is 10.5 Å². The first kappa shape index (κ1) is 21.2. The van der Waals surface area contributed by atoms with Gasteiger partial charge in [0.05, 0.1) is 18.7 Å². The number of terminal acetylenes is 1. The van der Waals surface area contributed by atoms with Gasteiger partial charge in [-0.05, 0) is 23.8 Å². The minimum atomic E-state index is -0.547. The Morgan fingerprint density at radius 3 is 2.82 bits per heavy atom. The van der Waals surface area contributed by atoms with Crippen LogP contribution in [0.25, 0.3) is 0 Å². The molecule has 2 aliphatic rings. The molecule has 0 radical (unpaired) electrons. The SMILES string of the molecule is C#CCN1CC(=O)N(COC(=O)[C@@H]2[C@@H](/C=C(\C)C=NOCC=C)C2(C)C)C1=O. The van der Waals surface area contributed by atoms with Gasteiger partial charge in [0.15, 0.2) is 6.73 Å². The Kier molecular flexibility index (Phi) is 6.62. The van der Waals surface area contributed by atoms with Gasteiger partial charge in [-0.2, -0.15) is 0 Å². The van der Waals surface area contributed by atoms with Crippen LogP contribution in [0.5, 0.6) is 0 Å². The van der Waals surface area contributed by atoms with Crippen molar-refractivity contribution >= 4 is 24.1 Å². The first-order valence-electron chi connectivity index (χ1n) is 8.88. The molecule has 8 nitrogen and oxygen atoms in total. The Labute approximate surface area is 164 Å². The molecular weight excluding hydrogens is 362 g/mol. The van der Waals surface area contributed by atoms with Crippen molar-refractivity contribution < 1.29 is 24.0 Å². The van der Waals surface area contributed by atoms with Crippen molar-refractivity contribution in [3.8, 4) is 12.3 Å². The van der Waals surface area contributed by atoms with Gasteiger partial charge in [0.2, 0.25) is 0 Å². The summed E-state index contributed by atoms with van der Waals surface area (Å²) in [6, 6.07) is -0.547. The number of hydrogen-bond acceptors (Lipinski definition) is 6. The van der Waals surface area contributed by atoms with Gasteiger partial charge < -0.3 is 14.5 Å². The number of rotatable bonds is 9. The second-order valence-corrected chi connectivity index (χ2v) is 7.31. The zero-order valence-corrected chi connectivity index (χ0v) is 16.4. The van der Waals surface area contributed by atoms with Crippen LogP contribution in [0.4, 0.5) is 4.79 Å². The van der Waals surface area contributed by atoms with Crippen LogP contribution in [0, 0.1) is 29.6 Å². The van der Waals surface area contributed by atoms with Crippen LogP contribution in [-0.4, -0.2) is 60.3 Å². The van der Waals surface area contributed by atoms with Crippen LogP contribution >= 0.6 is 0 Å². The lowest BCUT2D eigenvalue weighted by Crippen LogP contribution is -2.36. The fourth-order valence-corrected chi connectivity index (χ4v) is 3.15. The highest BCUT2D eigenvalue weighted by molar-refractivity contribution is 6.02. The van der Waals surface area contributed by atoms with Crippen LogP contribution in [-0.2, 0) is 19.2 Å². The number of imide groups is 1. The summed E-state index contributed by atoms with van der Waals surface area (Å²) in [6.07, 6.45) is 10.3. The van der Waals surface area contributed by atoms with E-state index in [4.69, 9.17) is 16.0 Å². The van der Waals surface area contributed by atoms with Crippen LogP contribution < -0.4 is 0 Å². The maximum atomic E-state index is 12.5.